The zero-order chi connectivity index (χ0) is 11.1. The van der Waals surface area contributed by atoms with Gasteiger partial charge in [0.25, 0.3) is 0 Å². The number of nitrogens with two attached hydrogens (primary N) is 1. The summed E-state index contributed by atoms with van der Waals surface area (Å²) in [5.41, 5.74) is 6.56. The molecule has 2 aromatic heterocycles. The van der Waals surface area contributed by atoms with Crippen LogP contribution in [0.25, 0.3) is 20.7 Å². The fourth-order valence-corrected chi connectivity index (χ4v) is 3.28. The number of aromatic amines is 1. The molecule has 0 radical (unpaired) electrons. The van der Waals surface area contributed by atoms with E-state index in [2.05, 4.69) is 38.3 Å². The van der Waals surface area contributed by atoms with E-state index in [0.717, 1.165) is 15.0 Å². The Kier molecular flexibility index (Phi) is 2.22. The van der Waals surface area contributed by atoms with Crippen LogP contribution in [0.2, 0.25) is 0 Å². The van der Waals surface area contributed by atoms with E-state index in [-0.39, 0.29) is 0 Å². The molecule has 5 heteroatoms. The molecule has 0 fully saturated rings. The van der Waals surface area contributed by atoms with E-state index < -0.39 is 0 Å². The molecule has 3 nitrogen and oxygen atoms in total. The highest BCUT2D eigenvalue weighted by Crippen LogP contribution is 2.36. The van der Waals surface area contributed by atoms with E-state index in [1.54, 1.807) is 11.3 Å². The van der Waals surface area contributed by atoms with Crippen LogP contribution in [0.1, 0.15) is 0 Å². The number of aromatic nitrogens is 2. The van der Waals surface area contributed by atoms with E-state index in [4.69, 9.17) is 5.73 Å². The van der Waals surface area contributed by atoms with Crippen molar-refractivity contribution in [3.8, 4) is 10.6 Å². The predicted octanol–water partition coefficient (Wildman–Crippen LogP) is 3.64. The number of hydrogen-bond acceptors (Lipinski definition) is 3. The van der Waals surface area contributed by atoms with Gasteiger partial charge in [-0.25, -0.2) is 0 Å². The number of nitrogens with one attached hydrogen (secondary N) is 1. The molecule has 0 aliphatic rings. The van der Waals surface area contributed by atoms with Crippen LogP contribution >= 0.6 is 27.3 Å². The number of halogens is 1. The molecule has 0 atom stereocenters. The molecule has 0 aliphatic heterocycles. The number of nitrogen functional groups attached to an aromatic ring is 1. The van der Waals surface area contributed by atoms with Gasteiger partial charge in [-0.3, -0.25) is 5.10 Å². The van der Waals surface area contributed by atoms with Gasteiger partial charge in [0.15, 0.2) is 0 Å². The summed E-state index contributed by atoms with van der Waals surface area (Å²) in [7, 11) is 0. The molecule has 16 heavy (non-hydrogen) atoms. The third kappa shape index (κ3) is 1.52. The number of nitrogens with zero attached hydrogens (tertiary/aromatic N) is 1. The number of thiophene rings is 1. The third-order valence-corrected chi connectivity index (χ3v) is 4.50. The molecule has 0 spiro atoms. The zero-order valence-corrected chi connectivity index (χ0v) is 10.6. The Balaban J connectivity index is 2.22. The van der Waals surface area contributed by atoms with E-state index in [0.29, 0.717) is 5.82 Å². The number of rotatable bonds is 1. The van der Waals surface area contributed by atoms with Gasteiger partial charge in [-0.1, -0.05) is 12.1 Å². The molecule has 0 amide bonds. The average Bonchev–Trinajstić information content (AvgIpc) is 2.84. The Bertz CT molecular complexity index is 656. The van der Waals surface area contributed by atoms with Crippen LogP contribution in [-0.2, 0) is 0 Å². The fraction of sp³-hybridized carbons (Fsp3) is 0. The van der Waals surface area contributed by atoms with Gasteiger partial charge in [-0.2, -0.15) is 5.10 Å². The highest BCUT2D eigenvalue weighted by molar-refractivity contribution is 9.10. The minimum Gasteiger partial charge on any atom is -0.382 e. The van der Waals surface area contributed by atoms with Crippen molar-refractivity contribution in [3.05, 3.63) is 34.8 Å². The summed E-state index contributed by atoms with van der Waals surface area (Å²) < 4.78 is 2.36. The van der Waals surface area contributed by atoms with Crippen LogP contribution < -0.4 is 5.73 Å². The summed E-state index contributed by atoms with van der Waals surface area (Å²) in [5, 5.41) is 8.08. The molecule has 0 saturated carbocycles. The Hall–Kier alpha value is -1.33. The van der Waals surface area contributed by atoms with Gasteiger partial charge in [0.2, 0.25) is 0 Å². The smallest absolute Gasteiger partial charge is 0.145 e. The molecule has 0 saturated heterocycles. The summed E-state index contributed by atoms with van der Waals surface area (Å²) in [5.74, 6) is 0.520. The third-order valence-electron chi connectivity index (χ3n) is 2.36. The fourth-order valence-electron chi connectivity index (χ4n) is 1.62. The van der Waals surface area contributed by atoms with E-state index in [1.807, 2.05) is 18.2 Å². The van der Waals surface area contributed by atoms with Crippen LogP contribution in [0, 0.1) is 0 Å². The first kappa shape index (κ1) is 9.86. The lowest BCUT2D eigenvalue weighted by Gasteiger charge is -1.90. The van der Waals surface area contributed by atoms with Crippen LogP contribution in [-0.4, -0.2) is 10.2 Å². The Morgan fingerprint density at radius 1 is 1.31 bits per heavy atom. The number of anilines is 1. The van der Waals surface area contributed by atoms with Crippen LogP contribution in [0.5, 0.6) is 0 Å². The Labute approximate surface area is 104 Å². The normalized spacial score (nSPS) is 11.1. The van der Waals surface area contributed by atoms with Crippen molar-refractivity contribution < 1.29 is 0 Å². The lowest BCUT2D eigenvalue weighted by atomic mass is 10.2. The maximum atomic E-state index is 5.59. The molecule has 3 aromatic rings. The maximum Gasteiger partial charge on any atom is 0.145 e. The van der Waals surface area contributed by atoms with Gasteiger partial charge in [0.05, 0.1) is 10.6 Å². The summed E-state index contributed by atoms with van der Waals surface area (Å²) >= 11 is 5.26. The van der Waals surface area contributed by atoms with Gasteiger partial charge in [0.1, 0.15) is 5.82 Å². The number of benzene rings is 1. The monoisotopic (exact) mass is 293 g/mol. The number of fused-ring (bicyclic) bond motifs is 1. The van der Waals surface area contributed by atoms with Gasteiger partial charge in [-0.05, 0) is 33.4 Å². The average molecular weight is 294 g/mol. The summed E-state index contributed by atoms with van der Waals surface area (Å²) in [6, 6.07) is 10.2. The minimum atomic E-state index is 0.520. The molecule has 0 unspecified atom stereocenters. The number of H-pyrrole nitrogens is 1. The highest BCUT2D eigenvalue weighted by Gasteiger charge is 2.08. The second-order valence-corrected chi connectivity index (χ2v) is 5.38. The minimum absolute atomic E-state index is 0.520. The lowest BCUT2D eigenvalue weighted by molar-refractivity contribution is 1.11. The van der Waals surface area contributed by atoms with Crippen LogP contribution in [0.4, 0.5) is 5.82 Å². The second-order valence-electron chi connectivity index (χ2n) is 3.48. The lowest BCUT2D eigenvalue weighted by Crippen LogP contribution is -1.81. The highest BCUT2D eigenvalue weighted by atomic mass is 79.9. The van der Waals surface area contributed by atoms with Crippen molar-refractivity contribution in [2.45, 2.75) is 0 Å². The Morgan fingerprint density at radius 2 is 2.19 bits per heavy atom. The molecule has 3 rings (SSSR count). The standard InChI is InChI=1S/C11H8BrN3S/c12-7-3-1-2-6-4-9(16-11(6)7)8-5-10(13)15-14-8/h1-5H,(H3,13,14,15). The van der Waals surface area contributed by atoms with E-state index in [9.17, 15) is 0 Å². The molecular weight excluding hydrogens is 286 g/mol. The molecule has 2 heterocycles. The van der Waals surface area contributed by atoms with E-state index >= 15 is 0 Å². The van der Waals surface area contributed by atoms with Gasteiger partial charge < -0.3 is 5.73 Å². The first-order chi connectivity index (χ1) is 7.74. The van der Waals surface area contributed by atoms with Gasteiger partial charge in [-0.15, -0.1) is 11.3 Å². The van der Waals surface area contributed by atoms with Crippen molar-refractivity contribution in [3.63, 3.8) is 0 Å². The molecule has 1 aromatic carbocycles. The predicted molar refractivity (Wildman–Crippen MR) is 71.5 cm³/mol. The Morgan fingerprint density at radius 3 is 2.88 bits per heavy atom. The van der Waals surface area contributed by atoms with Crippen LogP contribution in [0.3, 0.4) is 0 Å². The second kappa shape index (κ2) is 3.61. The largest absolute Gasteiger partial charge is 0.382 e. The first-order valence-electron chi connectivity index (χ1n) is 4.73. The SMILES string of the molecule is Nc1cc(-c2cc3cccc(Br)c3s2)[nH]n1. The molecule has 0 bridgehead atoms. The molecule has 80 valence electrons. The zero-order valence-electron chi connectivity index (χ0n) is 8.20. The quantitative estimate of drug-likeness (QED) is 0.720. The van der Waals surface area contributed by atoms with E-state index in [1.165, 1.54) is 10.1 Å². The van der Waals surface area contributed by atoms with Crippen molar-refractivity contribution in [2.75, 3.05) is 5.73 Å². The summed E-state index contributed by atoms with van der Waals surface area (Å²) in [6.45, 7) is 0. The topological polar surface area (TPSA) is 54.7 Å². The van der Waals surface area contributed by atoms with Crippen molar-refractivity contribution in [2.24, 2.45) is 0 Å². The van der Waals surface area contributed by atoms with Crippen molar-refractivity contribution in [1.82, 2.24) is 10.2 Å². The van der Waals surface area contributed by atoms with Gasteiger partial charge >= 0.3 is 0 Å². The molecular formula is C11H8BrN3S. The van der Waals surface area contributed by atoms with Crippen molar-refractivity contribution in [1.29, 1.82) is 0 Å². The number of hydrogen-bond donors (Lipinski definition) is 2. The molecule has 3 N–H and O–H groups in total. The van der Waals surface area contributed by atoms with Gasteiger partial charge in [0, 0.05) is 15.2 Å². The summed E-state index contributed by atoms with van der Waals surface area (Å²) in [6.07, 6.45) is 0. The maximum absolute atomic E-state index is 5.59. The van der Waals surface area contributed by atoms with Crippen molar-refractivity contribution >= 4 is 43.2 Å². The first-order valence-corrected chi connectivity index (χ1v) is 6.34. The van der Waals surface area contributed by atoms with Crippen LogP contribution in [0.15, 0.2) is 34.8 Å². The summed E-state index contributed by atoms with van der Waals surface area (Å²) in [4.78, 5) is 1.14. The molecule has 0 aliphatic carbocycles.